The molecule has 1 aromatic carbocycles. The zero-order valence-electron chi connectivity index (χ0n) is 13.4. The molecule has 0 aliphatic carbocycles. The van der Waals surface area contributed by atoms with Crippen LogP contribution in [0, 0.1) is 18.6 Å². The topological polar surface area (TPSA) is 51.0 Å². The summed E-state index contributed by atoms with van der Waals surface area (Å²) in [5.41, 5.74) is 0.377. The van der Waals surface area contributed by atoms with E-state index in [9.17, 15) is 13.6 Å². The largest absolute Gasteiger partial charge is 0.347 e. The third-order valence-electron chi connectivity index (χ3n) is 3.38. The van der Waals surface area contributed by atoms with Crippen molar-refractivity contribution in [2.24, 2.45) is 0 Å². The van der Waals surface area contributed by atoms with Gasteiger partial charge in [0.2, 0.25) is 5.91 Å². The molecule has 0 spiro atoms. The lowest BCUT2D eigenvalue weighted by Crippen LogP contribution is -2.27. The van der Waals surface area contributed by atoms with Crippen molar-refractivity contribution in [2.75, 3.05) is 14.1 Å². The molecule has 124 valence electrons. The van der Waals surface area contributed by atoms with Crippen LogP contribution in [-0.4, -0.2) is 39.7 Å². The summed E-state index contributed by atoms with van der Waals surface area (Å²) in [4.78, 5) is 13.4. The fraction of sp³-hybridized carbons (Fsp3) is 0.400. The molecular formula is C15H18F2N4OS. The zero-order chi connectivity index (χ0) is 17.1. The van der Waals surface area contributed by atoms with E-state index in [4.69, 9.17) is 0 Å². The minimum absolute atomic E-state index is 0.0876. The van der Waals surface area contributed by atoms with Gasteiger partial charge in [-0.25, -0.2) is 8.78 Å². The number of amides is 1. The van der Waals surface area contributed by atoms with Gasteiger partial charge in [0.05, 0.1) is 0 Å². The van der Waals surface area contributed by atoms with Gasteiger partial charge in [0.1, 0.15) is 24.0 Å². The third-order valence-corrected chi connectivity index (χ3v) is 4.50. The van der Waals surface area contributed by atoms with E-state index in [0.29, 0.717) is 16.5 Å². The number of halogens is 2. The lowest BCUT2D eigenvalue weighted by atomic mass is 10.1. The zero-order valence-corrected chi connectivity index (χ0v) is 14.2. The Morgan fingerprint density at radius 1 is 1.35 bits per heavy atom. The van der Waals surface area contributed by atoms with Gasteiger partial charge in [-0.3, -0.25) is 9.36 Å². The first-order valence-corrected chi connectivity index (χ1v) is 7.89. The van der Waals surface area contributed by atoms with E-state index in [1.165, 1.54) is 28.8 Å². The Hall–Kier alpha value is -1.96. The summed E-state index contributed by atoms with van der Waals surface area (Å²) >= 11 is 1.27. The molecule has 0 saturated heterocycles. The van der Waals surface area contributed by atoms with Crippen LogP contribution in [0.5, 0.6) is 0 Å². The van der Waals surface area contributed by atoms with Gasteiger partial charge in [-0.15, -0.1) is 10.2 Å². The molecule has 23 heavy (non-hydrogen) atoms. The summed E-state index contributed by atoms with van der Waals surface area (Å²) in [5.74, 6) is -0.693. The van der Waals surface area contributed by atoms with Gasteiger partial charge in [-0.2, -0.15) is 0 Å². The van der Waals surface area contributed by atoms with Crippen LogP contribution in [0.2, 0.25) is 0 Å². The first kappa shape index (κ1) is 17.4. The van der Waals surface area contributed by atoms with Crippen LogP contribution >= 0.6 is 11.8 Å². The average molecular weight is 340 g/mol. The van der Waals surface area contributed by atoms with Crippen molar-refractivity contribution in [1.29, 1.82) is 0 Å². The van der Waals surface area contributed by atoms with Crippen LogP contribution in [0.4, 0.5) is 8.78 Å². The van der Waals surface area contributed by atoms with Crippen LogP contribution in [-0.2, 0) is 11.3 Å². The molecule has 0 radical (unpaired) electrons. The fourth-order valence-corrected chi connectivity index (χ4v) is 3.01. The average Bonchev–Trinajstić information content (AvgIpc) is 2.79. The minimum atomic E-state index is -0.612. The highest BCUT2D eigenvalue weighted by atomic mass is 32.2. The van der Waals surface area contributed by atoms with Crippen LogP contribution in [0.1, 0.15) is 23.6 Å². The Morgan fingerprint density at radius 2 is 2.04 bits per heavy atom. The van der Waals surface area contributed by atoms with Crippen molar-refractivity contribution < 1.29 is 13.6 Å². The monoisotopic (exact) mass is 340 g/mol. The van der Waals surface area contributed by atoms with E-state index in [0.717, 1.165) is 6.07 Å². The SMILES string of the molecule is Cc1nnc(S[C@H](C)c2ccc(F)cc2F)n1CC(=O)N(C)C. The highest BCUT2D eigenvalue weighted by Crippen LogP contribution is 2.35. The molecule has 8 heteroatoms. The predicted octanol–water partition coefficient (Wildman–Crippen LogP) is 2.81. The number of thioether (sulfide) groups is 1. The van der Waals surface area contributed by atoms with Gasteiger partial charge in [-0.05, 0) is 19.9 Å². The number of carbonyl (C=O) groups is 1. The molecule has 1 amide bonds. The first-order valence-electron chi connectivity index (χ1n) is 7.01. The molecule has 1 atom stereocenters. The maximum Gasteiger partial charge on any atom is 0.242 e. The second kappa shape index (κ2) is 7.08. The molecule has 0 aliphatic rings. The van der Waals surface area contributed by atoms with Gasteiger partial charge in [0.25, 0.3) is 0 Å². The summed E-state index contributed by atoms with van der Waals surface area (Å²) in [6.07, 6.45) is 0. The van der Waals surface area contributed by atoms with Gasteiger partial charge in [-0.1, -0.05) is 17.8 Å². The Kier molecular flexibility index (Phi) is 5.35. The summed E-state index contributed by atoms with van der Waals surface area (Å²) in [5, 5.41) is 8.25. The van der Waals surface area contributed by atoms with E-state index in [2.05, 4.69) is 10.2 Å². The van der Waals surface area contributed by atoms with E-state index in [-0.39, 0.29) is 17.7 Å². The smallest absolute Gasteiger partial charge is 0.242 e. The molecule has 0 bridgehead atoms. The van der Waals surface area contributed by atoms with E-state index in [1.807, 2.05) is 0 Å². The summed E-state index contributed by atoms with van der Waals surface area (Å²) < 4.78 is 28.6. The molecular weight excluding hydrogens is 322 g/mol. The van der Waals surface area contributed by atoms with Gasteiger partial charge in [0, 0.05) is 31.0 Å². The molecule has 0 saturated carbocycles. The molecule has 5 nitrogen and oxygen atoms in total. The summed E-state index contributed by atoms with van der Waals surface area (Å²) in [6.45, 7) is 3.67. The van der Waals surface area contributed by atoms with E-state index < -0.39 is 11.6 Å². The molecule has 1 aromatic heterocycles. The van der Waals surface area contributed by atoms with Gasteiger partial charge >= 0.3 is 0 Å². The van der Waals surface area contributed by atoms with Crippen molar-refractivity contribution in [2.45, 2.75) is 30.8 Å². The minimum Gasteiger partial charge on any atom is -0.347 e. The van der Waals surface area contributed by atoms with Crippen molar-refractivity contribution in [1.82, 2.24) is 19.7 Å². The third kappa shape index (κ3) is 4.07. The van der Waals surface area contributed by atoms with Crippen molar-refractivity contribution in [3.63, 3.8) is 0 Å². The number of aromatic nitrogens is 3. The Morgan fingerprint density at radius 3 is 2.65 bits per heavy atom. The molecule has 2 aromatic rings. The number of hydrogen-bond donors (Lipinski definition) is 0. The highest BCUT2D eigenvalue weighted by molar-refractivity contribution is 7.99. The lowest BCUT2D eigenvalue weighted by molar-refractivity contribution is -0.129. The highest BCUT2D eigenvalue weighted by Gasteiger charge is 2.19. The Bertz CT molecular complexity index is 717. The number of hydrogen-bond acceptors (Lipinski definition) is 4. The maximum atomic E-state index is 13.9. The quantitative estimate of drug-likeness (QED) is 0.786. The van der Waals surface area contributed by atoms with Crippen LogP contribution in [0.15, 0.2) is 23.4 Å². The Balaban J connectivity index is 2.21. The molecule has 0 aliphatic heterocycles. The number of carbonyl (C=O) groups excluding carboxylic acids is 1. The lowest BCUT2D eigenvalue weighted by Gasteiger charge is -2.15. The number of rotatable bonds is 5. The number of aryl methyl sites for hydroxylation is 1. The molecule has 2 rings (SSSR count). The normalized spacial score (nSPS) is 12.3. The molecule has 0 fully saturated rings. The van der Waals surface area contributed by atoms with E-state index >= 15 is 0 Å². The standard InChI is InChI=1S/C15H18F2N4OS/c1-9(12-6-5-11(16)7-13(12)17)23-15-19-18-10(2)21(15)8-14(22)20(3)4/h5-7,9H,8H2,1-4H3/t9-/m1/s1. The maximum absolute atomic E-state index is 13.9. The predicted molar refractivity (Wildman–Crippen MR) is 84.1 cm³/mol. The fourth-order valence-electron chi connectivity index (χ4n) is 1.96. The Labute approximate surface area is 137 Å². The van der Waals surface area contributed by atoms with Crippen LogP contribution in [0.3, 0.4) is 0 Å². The van der Waals surface area contributed by atoms with Crippen molar-refractivity contribution in [3.8, 4) is 0 Å². The van der Waals surface area contributed by atoms with Gasteiger partial charge < -0.3 is 4.90 Å². The van der Waals surface area contributed by atoms with Gasteiger partial charge in [0.15, 0.2) is 5.16 Å². The molecule has 0 N–H and O–H groups in total. The van der Waals surface area contributed by atoms with Crippen molar-refractivity contribution in [3.05, 3.63) is 41.2 Å². The summed E-state index contributed by atoms with van der Waals surface area (Å²) in [7, 11) is 3.34. The van der Waals surface area contributed by atoms with Crippen LogP contribution < -0.4 is 0 Å². The van der Waals surface area contributed by atoms with Crippen LogP contribution in [0.25, 0.3) is 0 Å². The second-order valence-electron chi connectivity index (χ2n) is 5.33. The number of nitrogens with zero attached hydrogens (tertiary/aromatic N) is 4. The van der Waals surface area contributed by atoms with E-state index in [1.54, 1.807) is 32.5 Å². The molecule has 1 heterocycles. The number of benzene rings is 1. The van der Waals surface area contributed by atoms with Crippen molar-refractivity contribution >= 4 is 17.7 Å². The first-order chi connectivity index (χ1) is 10.8. The molecule has 0 unspecified atom stereocenters. The number of likely N-dealkylation sites (N-methyl/N-ethyl adjacent to an activating group) is 1. The second-order valence-corrected chi connectivity index (χ2v) is 6.64. The summed E-state index contributed by atoms with van der Waals surface area (Å²) in [6, 6.07) is 3.50.